The van der Waals surface area contributed by atoms with Gasteiger partial charge in [-0.3, -0.25) is 19.7 Å². The molecule has 0 atom stereocenters. The van der Waals surface area contributed by atoms with E-state index in [9.17, 15) is 19.7 Å². The minimum atomic E-state index is -0.594. The Kier molecular flexibility index (Phi) is 3.69. The number of anilines is 1. The van der Waals surface area contributed by atoms with E-state index in [-0.39, 0.29) is 17.1 Å². The lowest BCUT2D eigenvalue weighted by Gasteiger charge is -2.13. The summed E-state index contributed by atoms with van der Waals surface area (Å²) in [6, 6.07) is 1.60. The number of fused-ring (bicyclic) bond motifs is 1. The van der Waals surface area contributed by atoms with Crippen LogP contribution in [0.2, 0.25) is 0 Å². The van der Waals surface area contributed by atoms with E-state index >= 15 is 0 Å². The van der Waals surface area contributed by atoms with Crippen LogP contribution in [0.4, 0.5) is 11.4 Å². The molecule has 0 radical (unpaired) electrons. The molecule has 1 amide bonds. The average molecular weight is 278 g/mol. The van der Waals surface area contributed by atoms with Crippen molar-refractivity contribution in [3.8, 4) is 5.75 Å². The summed E-state index contributed by atoms with van der Waals surface area (Å²) in [5.41, 5.74) is 1.18. The summed E-state index contributed by atoms with van der Waals surface area (Å²) in [6.07, 6.45) is 2.09. The highest BCUT2D eigenvalue weighted by molar-refractivity contribution is 5.95. The zero-order valence-corrected chi connectivity index (χ0v) is 11.2. The number of nitrogens with one attached hydrogen (secondary N) is 1. The van der Waals surface area contributed by atoms with Gasteiger partial charge in [-0.15, -0.1) is 0 Å². The van der Waals surface area contributed by atoms with Crippen molar-refractivity contribution in [3.05, 3.63) is 27.3 Å². The van der Waals surface area contributed by atoms with Crippen LogP contribution in [0, 0.1) is 10.1 Å². The Hall–Kier alpha value is -2.44. The normalized spacial score (nSPS) is 12.7. The van der Waals surface area contributed by atoms with Gasteiger partial charge in [0.25, 0.3) is 5.69 Å². The Labute approximate surface area is 115 Å². The van der Waals surface area contributed by atoms with Crippen LogP contribution in [0.3, 0.4) is 0 Å². The Morgan fingerprint density at radius 2 is 2.05 bits per heavy atom. The van der Waals surface area contributed by atoms with Gasteiger partial charge in [-0.25, -0.2) is 0 Å². The number of ether oxygens (including phenoxy) is 1. The summed E-state index contributed by atoms with van der Waals surface area (Å²) in [5.74, 6) is -1.02. The van der Waals surface area contributed by atoms with E-state index in [1.807, 2.05) is 0 Å². The van der Waals surface area contributed by atoms with Crippen LogP contribution in [0.1, 0.15) is 31.4 Å². The van der Waals surface area contributed by atoms with Crippen LogP contribution in [-0.2, 0) is 22.4 Å². The highest BCUT2D eigenvalue weighted by Gasteiger charge is 2.30. The summed E-state index contributed by atoms with van der Waals surface area (Å²) < 4.78 is 5.00. The van der Waals surface area contributed by atoms with Gasteiger partial charge in [0.1, 0.15) is 0 Å². The number of esters is 1. The molecule has 0 bridgehead atoms. The van der Waals surface area contributed by atoms with E-state index in [1.54, 1.807) is 6.07 Å². The van der Waals surface area contributed by atoms with Crippen LogP contribution >= 0.6 is 0 Å². The van der Waals surface area contributed by atoms with E-state index in [4.69, 9.17) is 4.74 Å². The molecule has 0 unspecified atom stereocenters. The molecular weight excluding hydrogens is 264 g/mol. The van der Waals surface area contributed by atoms with E-state index in [0.29, 0.717) is 18.4 Å². The highest BCUT2D eigenvalue weighted by Crippen LogP contribution is 2.43. The van der Waals surface area contributed by atoms with Gasteiger partial charge in [0.2, 0.25) is 5.91 Å². The standard InChI is InChI=1S/C13H14N2O5/c1-7(16)14-12-11(20-8(2)17)6-9-4-3-5-10(9)13(12)15(18)19/h6H,3-5H2,1-2H3,(H,14,16). The number of nitrogens with zero attached hydrogens (tertiary/aromatic N) is 1. The summed E-state index contributed by atoms with van der Waals surface area (Å²) in [5, 5.41) is 13.7. The molecule has 1 N–H and O–H groups in total. The first-order valence-electron chi connectivity index (χ1n) is 6.19. The van der Waals surface area contributed by atoms with Gasteiger partial charge in [-0.05, 0) is 30.9 Å². The van der Waals surface area contributed by atoms with Gasteiger partial charge >= 0.3 is 5.97 Å². The quantitative estimate of drug-likeness (QED) is 0.394. The first-order valence-corrected chi connectivity index (χ1v) is 6.19. The number of hydrogen-bond donors (Lipinski definition) is 1. The third-order valence-corrected chi connectivity index (χ3v) is 3.07. The molecule has 2 rings (SSSR count). The predicted molar refractivity (Wildman–Crippen MR) is 70.7 cm³/mol. The molecule has 20 heavy (non-hydrogen) atoms. The lowest BCUT2D eigenvalue weighted by atomic mass is 10.1. The molecular formula is C13H14N2O5. The van der Waals surface area contributed by atoms with Gasteiger partial charge in [0, 0.05) is 19.4 Å². The number of hydrogen-bond acceptors (Lipinski definition) is 5. The summed E-state index contributed by atoms with van der Waals surface area (Å²) in [7, 11) is 0. The number of benzene rings is 1. The van der Waals surface area contributed by atoms with E-state index in [1.165, 1.54) is 13.8 Å². The topological polar surface area (TPSA) is 98.5 Å². The zero-order valence-electron chi connectivity index (χ0n) is 11.2. The molecule has 0 saturated heterocycles. The number of aryl methyl sites for hydroxylation is 1. The number of carbonyl (C=O) groups is 2. The molecule has 0 heterocycles. The molecule has 0 spiro atoms. The Bertz CT molecular complexity index is 609. The second-order valence-corrected chi connectivity index (χ2v) is 4.62. The van der Waals surface area contributed by atoms with Crippen molar-refractivity contribution in [2.45, 2.75) is 33.1 Å². The van der Waals surface area contributed by atoms with Gasteiger partial charge in [-0.2, -0.15) is 0 Å². The number of nitro groups is 1. The first-order chi connectivity index (χ1) is 9.40. The monoisotopic (exact) mass is 278 g/mol. The van der Waals surface area contributed by atoms with E-state index < -0.39 is 16.8 Å². The molecule has 1 aliphatic carbocycles. The van der Waals surface area contributed by atoms with Gasteiger partial charge < -0.3 is 10.1 Å². The van der Waals surface area contributed by atoms with Gasteiger partial charge in [0.15, 0.2) is 11.4 Å². The molecule has 7 heteroatoms. The molecule has 1 aromatic rings. The van der Waals surface area contributed by atoms with Crippen molar-refractivity contribution >= 4 is 23.3 Å². The smallest absolute Gasteiger partial charge is 0.308 e. The van der Waals surface area contributed by atoms with E-state index in [2.05, 4.69) is 5.32 Å². The summed E-state index contributed by atoms with van der Waals surface area (Å²) in [6.45, 7) is 2.45. The van der Waals surface area contributed by atoms with Crippen molar-refractivity contribution in [2.24, 2.45) is 0 Å². The zero-order chi connectivity index (χ0) is 14.9. The van der Waals surface area contributed by atoms with Crippen molar-refractivity contribution < 1.29 is 19.2 Å². The maximum Gasteiger partial charge on any atom is 0.308 e. The fourth-order valence-corrected chi connectivity index (χ4v) is 2.43. The van der Waals surface area contributed by atoms with Crippen molar-refractivity contribution in [3.63, 3.8) is 0 Å². The third-order valence-electron chi connectivity index (χ3n) is 3.07. The molecule has 0 fully saturated rings. The molecule has 0 saturated carbocycles. The van der Waals surface area contributed by atoms with Gasteiger partial charge in [0.05, 0.1) is 4.92 Å². The van der Waals surface area contributed by atoms with Gasteiger partial charge in [-0.1, -0.05) is 0 Å². The number of nitro benzene ring substituents is 1. The maximum absolute atomic E-state index is 11.3. The molecule has 106 valence electrons. The second-order valence-electron chi connectivity index (χ2n) is 4.62. The lowest BCUT2D eigenvalue weighted by Crippen LogP contribution is -2.13. The number of amides is 1. The molecule has 1 aliphatic rings. The molecule has 0 aromatic heterocycles. The second kappa shape index (κ2) is 5.28. The number of carbonyl (C=O) groups excluding carboxylic acids is 2. The SMILES string of the molecule is CC(=O)Nc1c(OC(C)=O)cc2c(c1[N+](=O)[O-])CCC2. The fraction of sp³-hybridized carbons (Fsp3) is 0.385. The number of rotatable bonds is 3. The molecule has 0 aliphatic heterocycles. The molecule has 7 nitrogen and oxygen atoms in total. The van der Waals surface area contributed by atoms with Crippen LogP contribution in [0.15, 0.2) is 6.07 Å². The molecule has 1 aromatic carbocycles. The Morgan fingerprint density at radius 1 is 1.35 bits per heavy atom. The third kappa shape index (κ3) is 2.61. The fourth-order valence-electron chi connectivity index (χ4n) is 2.43. The lowest BCUT2D eigenvalue weighted by molar-refractivity contribution is -0.384. The van der Waals surface area contributed by atoms with E-state index in [0.717, 1.165) is 12.0 Å². The minimum absolute atomic E-state index is 0.0278. The van der Waals surface area contributed by atoms with Crippen molar-refractivity contribution in [2.75, 3.05) is 5.32 Å². The van der Waals surface area contributed by atoms with Crippen LogP contribution in [0.5, 0.6) is 5.75 Å². The van der Waals surface area contributed by atoms with Crippen LogP contribution in [0.25, 0.3) is 0 Å². The summed E-state index contributed by atoms with van der Waals surface area (Å²) >= 11 is 0. The largest absolute Gasteiger partial charge is 0.424 e. The van der Waals surface area contributed by atoms with Crippen molar-refractivity contribution in [1.29, 1.82) is 0 Å². The summed E-state index contributed by atoms with van der Waals surface area (Å²) in [4.78, 5) is 33.2. The Morgan fingerprint density at radius 3 is 2.60 bits per heavy atom. The maximum atomic E-state index is 11.3. The Balaban J connectivity index is 2.66. The first kappa shape index (κ1) is 14.0. The van der Waals surface area contributed by atoms with Crippen molar-refractivity contribution in [1.82, 2.24) is 0 Å². The van der Waals surface area contributed by atoms with Crippen LogP contribution < -0.4 is 10.1 Å². The average Bonchev–Trinajstić information content (AvgIpc) is 2.74. The highest BCUT2D eigenvalue weighted by atomic mass is 16.6. The minimum Gasteiger partial charge on any atom is -0.424 e. The predicted octanol–water partition coefficient (Wildman–Crippen LogP) is 1.97. The van der Waals surface area contributed by atoms with Crippen LogP contribution in [-0.4, -0.2) is 16.8 Å².